The lowest BCUT2D eigenvalue weighted by Crippen LogP contribution is -2.59. The van der Waals surface area contributed by atoms with Gasteiger partial charge in [0.05, 0.1) is 6.07 Å². The highest BCUT2D eigenvalue weighted by atomic mass is 16.6. The van der Waals surface area contributed by atoms with Crippen LogP contribution in [0.15, 0.2) is 0 Å². The smallest absolute Gasteiger partial charge is 0.181 e. The first-order chi connectivity index (χ1) is 11.4. The van der Waals surface area contributed by atoms with Gasteiger partial charge in [0.2, 0.25) is 0 Å². The molecule has 0 radical (unpaired) electrons. The molecule has 4 nitrogen and oxygen atoms in total. The molecular weight excluding hydrogens is 302 g/mol. The third-order valence-corrected chi connectivity index (χ3v) is 8.86. The van der Waals surface area contributed by atoms with Crippen molar-refractivity contribution in [2.24, 2.45) is 34.5 Å². The predicted octanol–water partition coefficient (Wildman–Crippen LogP) is 3.05. The topological polar surface area (TPSA) is 70.5 Å². The summed E-state index contributed by atoms with van der Waals surface area (Å²) in [5, 5.41) is 9.45. The zero-order chi connectivity index (χ0) is 16.9. The number of carbonyl (C=O) groups is 2. The molecule has 1 aliphatic heterocycles. The van der Waals surface area contributed by atoms with E-state index in [4.69, 9.17) is 4.74 Å². The van der Waals surface area contributed by atoms with E-state index in [2.05, 4.69) is 19.9 Å². The number of epoxide rings is 1. The number of ether oxygens (including phenoxy) is 1. The van der Waals surface area contributed by atoms with Crippen molar-refractivity contribution in [3.05, 3.63) is 0 Å². The maximum absolute atomic E-state index is 12.5. The van der Waals surface area contributed by atoms with Crippen LogP contribution in [0.4, 0.5) is 0 Å². The number of rotatable bonds is 0. The fraction of sp³-hybridized carbons (Fsp3) is 0.850. The highest BCUT2D eigenvalue weighted by molar-refractivity contribution is 5.92. The molecule has 0 bridgehead atoms. The van der Waals surface area contributed by atoms with Crippen LogP contribution in [0.25, 0.3) is 0 Å². The molecule has 1 heterocycles. The van der Waals surface area contributed by atoms with Crippen molar-refractivity contribution < 1.29 is 14.3 Å². The molecule has 24 heavy (non-hydrogen) atoms. The first-order valence-electron chi connectivity index (χ1n) is 9.52. The third kappa shape index (κ3) is 1.46. The van der Waals surface area contributed by atoms with Gasteiger partial charge in [-0.05, 0) is 56.3 Å². The molecule has 0 aromatic rings. The molecule has 0 N–H and O–H groups in total. The molecule has 5 rings (SSSR count). The second-order valence-electron chi connectivity index (χ2n) is 9.43. The van der Waals surface area contributed by atoms with Gasteiger partial charge in [-0.2, -0.15) is 5.26 Å². The van der Waals surface area contributed by atoms with Crippen molar-refractivity contribution in [2.45, 2.75) is 70.5 Å². The molecule has 1 saturated heterocycles. The molecule has 0 amide bonds. The fourth-order valence-corrected chi connectivity index (χ4v) is 7.46. The third-order valence-electron chi connectivity index (χ3n) is 8.86. The monoisotopic (exact) mass is 327 g/mol. The maximum Gasteiger partial charge on any atom is 0.181 e. The van der Waals surface area contributed by atoms with Crippen molar-refractivity contribution in [3.63, 3.8) is 0 Å². The number of hydrogen-bond acceptors (Lipinski definition) is 4. The lowest BCUT2D eigenvalue weighted by Gasteiger charge is -2.58. The van der Waals surface area contributed by atoms with Gasteiger partial charge in [0.15, 0.2) is 5.78 Å². The first kappa shape index (κ1) is 15.1. The Morgan fingerprint density at radius 3 is 2.67 bits per heavy atom. The molecule has 0 aromatic carbocycles. The van der Waals surface area contributed by atoms with E-state index in [1.165, 1.54) is 0 Å². The van der Waals surface area contributed by atoms with Crippen LogP contribution in [-0.4, -0.2) is 23.3 Å². The highest BCUT2D eigenvalue weighted by Crippen LogP contribution is 2.72. The Balaban J connectivity index is 1.54. The Bertz CT molecular complexity index is 695. The van der Waals surface area contributed by atoms with E-state index in [0.717, 1.165) is 38.5 Å². The van der Waals surface area contributed by atoms with E-state index in [1.54, 1.807) is 0 Å². The van der Waals surface area contributed by atoms with Gasteiger partial charge in [0.1, 0.15) is 23.4 Å². The minimum Gasteiger partial charge on any atom is -0.357 e. The summed E-state index contributed by atoms with van der Waals surface area (Å²) in [6.07, 6.45) is 6.12. The number of nitrogens with zero attached hydrogens (tertiary/aromatic N) is 1. The zero-order valence-electron chi connectivity index (χ0n) is 14.5. The molecule has 4 aliphatic carbocycles. The SMILES string of the molecule is CC12CCC3C(CC[C@@]45O[C@@H]4C(=O)[C@H](C#N)C[C@]35C)C1CCC2=O. The van der Waals surface area contributed by atoms with Crippen LogP contribution < -0.4 is 0 Å². The van der Waals surface area contributed by atoms with Crippen molar-refractivity contribution in [2.75, 3.05) is 0 Å². The molecule has 4 saturated carbocycles. The van der Waals surface area contributed by atoms with E-state index >= 15 is 0 Å². The van der Waals surface area contributed by atoms with Gasteiger partial charge in [-0.3, -0.25) is 9.59 Å². The van der Waals surface area contributed by atoms with E-state index < -0.39 is 5.92 Å². The molecule has 5 aliphatic rings. The number of carbonyl (C=O) groups excluding carboxylic acids is 2. The van der Waals surface area contributed by atoms with Gasteiger partial charge in [-0.25, -0.2) is 0 Å². The summed E-state index contributed by atoms with van der Waals surface area (Å²) in [5.41, 5.74) is -0.498. The first-order valence-corrected chi connectivity index (χ1v) is 9.52. The van der Waals surface area contributed by atoms with Gasteiger partial charge < -0.3 is 4.74 Å². The Morgan fingerprint density at radius 2 is 1.92 bits per heavy atom. The Morgan fingerprint density at radius 1 is 1.12 bits per heavy atom. The summed E-state index contributed by atoms with van der Waals surface area (Å²) in [6, 6.07) is 2.24. The molecule has 128 valence electrons. The minimum atomic E-state index is -0.507. The molecule has 0 aromatic heterocycles. The summed E-state index contributed by atoms with van der Waals surface area (Å²) in [4.78, 5) is 24.9. The Labute approximate surface area is 142 Å². The maximum atomic E-state index is 12.5. The number of Topliss-reactive ketones (excluding diaryl/α,β-unsaturated/α-hetero) is 2. The Hall–Kier alpha value is -1.21. The Kier molecular flexibility index (Phi) is 2.70. The van der Waals surface area contributed by atoms with Gasteiger partial charge in [0.25, 0.3) is 0 Å². The van der Waals surface area contributed by atoms with Crippen LogP contribution in [0.1, 0.15) is 58.8 Å². The molecule has 4 unspecified atom stereocenters. The van der Waals surface area contributed by atoms with Gasteiger partial charge >= 0.3 is 0 Å². The summed E-state index contributed by atoms with van der Waals surface area (Å²) in [6.45, 7) is 4.47. The molecule has 1 spiro atoms. The van der Waals surface area contributed by atoms with Gasteiger partial charge in [-0.15, -0.1) is 0 Å². The van der Waals surface area contributed by atoms with Crippen molar-refractivity contribution in [1.82, 2.24) is 0 Å². The second-order valence-corrected chi connectivity index (χ2v) is 9.43. The summed E-state index contributed by atoms with van der Waals surface area (Å²) >= 11 is 0. The molecule has 8 atom stereocenters. The van der Waals surface area contributed by atoms with Crippen LogP contribution >= 0.6 is 0 Å². The number of nitriles is 1. The van der Waals surface area contributed by atoms with Crippen LogP contribution in [0, 0.1) is 45.8 Å². The van der Waals surface area contributed by atoms with E-state index in [0.29, 0.717) is 30.0 Å². The average molecular weight is 327 g/mol. The summed E-state index contributed by atoms with van der Waals surface area (Å²) in [7, 11) is 0. The standard InChI is InChI=1S/C20H25NO3/c1-18-7-6-14-12(13(18)3-4-15(18)22)5-8-20-17(24-20)16(23)11(10-21)9-19(14,20)2/h11-14,17H,3-9H2,1-2H3/t11-,12?,13?,14?,17+,18?,19+,20+/m0/s1. The largest absolute Gasteiger partial charge is 0.357 e. The number of hydrogen-bond donors (Lipinski definition) is 0. The van der Waals surface area contributed by atoms with Crippen molar-refractivity contribution in [3.8, 4) is 6.07 Å². The van der Waals surface area contributed by atoms with Crippen LogP contribution in [-0.2, 0) is 14.3 Å². The lowest BCUT2D eigenvalue weighted by molar-refractivity contribution is -0.142. The fourth-order valence-electron chi connectivity index (χ4n) is 7.46. The van der Waals surface area contributed by atoms with Crippen LogP contribution in [0.3, 0.4) is 0 Å². The molecule has 5 fully saturated rings. The average Bonchev–Trinajstić information content (AvgIpc) is 3.23. The summed E-state index contributed by atoms with van der Waals surface area (Å²) < 4.78 is 6.06. The van der Waals surface area contributed by atoms with Gasteiger partial charge in [0, 0.05) is 17.3 Å². The van der Waals surface area contributed by atoms with Crippen molar-refractivity contribution in [1.29, 1.82) is 5.26 Å². The zero-order valence-corrected chi connectivity index (χ0v) is 14.5. The predicted molar refractivity (Wildman–Crippen MR) is 85.7 cm³/mol. The summed E-state index contributed by atoms with van der Waals surface area (Å²) in [5.74, 6) is 1.52. The van der Waals surface area contributed by atoms with E-state index in [1.807, 2.05) is 0 Å². The number of ketones is 2. The quantitative estimate of drug-likeness (QED) is 0.641. The highest BCUT2D eigenvalue weighted by Gasteiger charge is 2.78. The molecular formula is C20H25NO3. The second kappa shape index (κ2) is 4.30. The van der Waals surface area contributed by atoms with Crippen LogP contribution in [0.5, 0.6) is 0 Å². The number of fused-ring (bicyclic) bond motifs is 4. The molecule has 4 heteroatoms. The van der Waals surface area contributed by atoms with Crippen molar-refractivity contribution >= 4 is 11.6 Å². The van der Waals surface area contributed by atoms with E-state index in [-0.39, 0.29) is 28.3 Å². The van der Waals surface area contributed by atoms with E-state index in [9.17, 15) is 14.9 Å². The van der Waals surface area contributed by atoms with Crippen LogP contribution in [0.2, 0.25) is 0 Å². The lowest BCUT2D eigenvalue weighted by atomic mass is 9.44. The minimum absolute atomic E-state index is 0.0186. The normalized spacial score (nSPS) is 58.1. The van der Waals surface area contributed by atoms with Gasteiger partial charge in [-0.1, -0.05) is 13.8 Å².